The number of hydrogen-bond donors (Lipinski definition) is 0. The molecule has 1 aromatic carbocycles. The maximum Gasteiger partial charge on any atom is 0.296 e. The Morgan fingerprint density at radius 1 is 1.05 bits per heavy atom. The van der Waals surface area contributed by atoms with Crippen molar-refractivity contribution in [2.45, 2.75) is 0 Å². The van der Waals surface area contributed by atoms with Crippen LogP contribution in [0, 0.1) is 0 Å². The number of aromatic nitrogens is 2. The maximum absolute atomic E-state index is 5.94. The average Bonchev–Trinajstić information content (AvgIpc) is 2.82. The molecule has 0 saturated heterocycles. The van der Waals surface area contributed by atoms with Crippen LogP contribution in [-0.2, 0) is 0 Å². The molecule has 0 fully saturated rings. The van der Waals surface area contributed by atoms with Gasteiger partial charge in [-0.25, -0.2) is 9.97 Å². The van der Waals surface area contributed by atoms with Crippen LogP contribution in [0.2, 0.25) is 15.3 Å². The van der Waals surface area contributed by atoms with Gasteiger partial charge in [-0.3, -0.25) is 0 Å². The lowest BCUT2D eigenvalue weighted by molar-refractivity contribution is 0.317. The summed E-state index contributed by atoms with van der Waals surface area (Å²) in [7, 11) is 1.50. The highest BCUT2D eigenvalue weighted by molar-refractivity contribution is 6.47. The molecule has 2 heterocycles. The molecule has 0 unspecified atom stereocenters. The molecule has 0 radical (unpaired) electrons. The number of methoxy groups -OCH3 is 1. The number of furan rings is 1. The van der Waals surface area contributed by atoms with Gasteiger partial charge in [0.1, 0.15) is 16.2 Å². The molecule has 4 nitrogen and oxygen atoms in total. The molecule has 7 heteroatoms. The number of halogens is 3. The standard InChI is InChI=1S/C13H7Cl3N2O2/c1-19-13-8(6-4-2-3-5-7(6)20-13)12-17-10(15)9(14)11(16)18-12/h2-5H,1H3. The molecule has 2 aromatic heterocycles. The Labute approximate surface area is 129 Å². The van der Waals surface area contributed by atoms with Crippen molar-refractivity contribution in [3.05, 3.63) is 39.6 Å². The Morgan fingerprint density at radius 2 is 1.70 bits per heavy atom. The summed E-state index contributed by atoms with van der Waals surface area (Å²) < 4.78 is 10.8. The summed E-state index contributed by atoms with van der Waals surface area (Å²) in [6, 6.07) is 7.43. The van der Waals surface area contributed by atoms with E-state index in [0.29, 0.717) is 22.9 Å². The summed E-state index contributed by atoms with van der Waals surface area (Å²) >= 11 is 17.7. The van der Waals surface area contributed by atoms with Crippen molar-refractivity contribution < 1.29 is 9.15 Å². The van der Waals surface area contributed by atoms with Crippen LogP contribution < -0.4 is 4.74 Å². The van der Waals surface area contributed by atoms with Crippen LogP contribution in [0.3, 0.4) is 0 Å². The van der Waals surface area contributed by atoms with Crippen molar-refractivity contribution in [2.24, 2.45) is 0 Å². The van der Waals surface area contributed by atoms with Gasteiger partial charge in [0.15, 0.2) is 16.1 Å². The van der Waals surface area contributed by atoms with Crippen molar-refractivity contribution in [1.29, 1.82) is 0 Å². The van der Waals surface area contributed by atoms with E-state index in [0.717, 1.165) is 5.39 Å². The third-order valence-corrected chi connectivity index (χ3v) is 3.84. The van der Waals surface area contributed by atoms with Crippen molar-refractivity contribution in [2.75, 3.05) is 7.11 Å². The van der Waals surface area contributed by atoms with Crippen LogP contribution >= 0.6 is 34.8 Å². The highest BCUT2D eigenvalue weighted by Gasteiger charge is 2.21. The van der Waals surface area contributed by atoms with E-state index in [1.165, 1.54) is 7.11 Å². The minimum atomic E-state index is 0.0778. The highest BCUT2D eigenvalue weighted by Crippen LogP contribution is 2.40. The van der Waals surface area contributed by atoms with E-state index in [9.17, 15) is 0 Å². The molecular weight excluding hydrogens is 323 g/mol. The normalized spacial score (nSPS) is 11.0. The first kappa shape index (κ1) is 13.5. The molecule has 0 atom stereocenters. The van der Waals surface area contributed by atoms with Gasteiger partial charge in [-0.05, 0) is 6.07 Å². The number of fused-ring (bicyclic) bond motifs is 1. The van der Waals surface area contributed by atoms with E-state index in [-0.39, 0.29) is 15.3 Å². The number of rotatable bonds is 2. The number of hydrogen-bond acceptors (Lipinski definition) is 4. The van der Waals surface area contributed by atoms with E-state index in [1.54, 1.807) is 0 Å². The monoisotopic (exact) mass is 328 g/mol. The van der Waals surface area contributed by atoms with Crippen LogP contribution in [-0.4, -0.2) is 17.1 Å². The zero-order chi connectivity index (χ0) is 14.3. The predicted octanol–water partition coefficient (Wildman–Crippen LogP) is 4.86. The van der Waals surface area contributed by atoms with Gasteiger partial charge < -0.3 is 9.15 Å². The van der Waals surface area contributed by atoms with Crippen LogP contribution in [0.1, 0.15) is 0 Å². The zero-order valence-corrected chi connectivity index (χ0v) is 12.4. The summed E-state index contributed by atoms with van der Waals surface area (Å²) in [6.07, 6.45) is 0. The van der Waals surface area contributed by atoms with Crippen LogP contribution in [0.4, 0.5) is 0 Å². The number of ether oxygens (including phenoxy) is 1. The van der Waals surface area contributed by atoms with Crippen molar-refractivity contribution in [3.63, 3.8) is 0 Å². The number of benzene rings is 1. The first-order valence-electron chi connectivity index (χ1n) is 5.56. The fourth-order valence-electron chi connectivity index (χ4n) is 1.88. The quantitative estimate of drug-likeness (QED) is 0.630. The van der Waals surface area contributed by atoms with Gasteiger partial charge in [0.25, 0.3) is 5.95 Å². The molecule has 0 aliphatic rings. The molecule has 0 saturated carbocycles. The fourth-order valence-corrected chi connectivity index (χ4v) is 2.36. The third kappa shape index (κ3) is 2.10. The molecule has 0 bridgehead atoms. The molecule has 3 aromatic rings. The molecule has 20 heavy (non-hydrogen) atoms. The zero-order valence-electron chi connectivity index (χ0n) is 10.2. The summed E-state index contributed by atoms with van der Waals surface area (Å²) in [5, 5.41) is 1.07. The van der Waals surface area contributed by atoms with Crippen molar-refractivity contribution in [3.8, 4) is 17.3 Å². The van der Waals surface area contributed by atoms with Crippen LogP contribution in [0.15, 0.2) is 28.7 Å². The SMILES string of the molecule is COc1oc2ccccc2c1-c1nc(Cl)c(Cl)c(Cl)n1. The molecule has 102 valence electrons. The van der Waals surface area contributed by atoms with Gasteiger partial charge in [0, 0.05) is 5.39 Å². The third-order valence-electron chi connectivity index (χ3n) is 2.74. The Morgan fingerprint density at radius 3 is 2.35 bits per heavy atom. The van der Waals surface area contributed by atoms with Gasteiger partial charge in [-0.15, -0.1) is 0 Å². The smallest absolute Gasteiger partial charge is 0.296 e. The molecule has 0 aliphatic carbocycles. The molecule has 0 amide bonds. The maximum atomic E-state index is 5.94. The molecule has 0 spiro atoms. The van der Waals surface area contributed by atoms with E-state index in [2.05, 4.69) is 9.97 Å². The summed E-state index contributed by atoms with van der Waals surface area (Å²) in [5.41, 5.74) is 1.24. The van der Waals surface area contributed by atoms with E-state index < -0.39 is 0 Å². The van der Waals surface area contributed by atoms with Gasteiger partial charge in [0.05, 0.1) is 7.11 Å². The van der Waals surface area contributed by atoms with Crippen molar-refractivity contribution in [1.82, 2.24) is 9.97 Å². The highest BCUT2D eigenvalue weighted by atomic mass is 35.5. The lowest BCUT2D eigenvalue weighted by atomic mass is 10.1. The number of nitrogens with zero attached hydrogens (tertiary/aromatic N) is 2. The molecule has 0 aliphatic heterocycles. The summed E-state index contributed by atoms with van der Waals surface area (Å²) in [5.74, 6) is 0.590. The van der Waals surface area contributed by atoms with E-state index in [1.807, 2.05) is 24.3 Å². The van der Waals surface area contributed by atoms with Crippen LogP contribution in [0.5, 0.6) is 5.95 Å². The van der Waals surface area contributed by atoms with Gasteiger partial charge in [-0.1, -0.05) is 53.0 Å². The second-order valence-corrected chi connectivity index (χ2v) is 5.00. The Kier molecular flexibility index (Phi) is 3.46. The first-order chi connectivity index (χ1) is 9.61. The minimum Gasteiger partial charge on any atom is -0.468 e. The summed E-state index contributed by atoms with van der Waals surface area (Å²) in [6.45, 7) is 0. The lowest BCUT2D eigenvalue weighted by Gasteiger charge is -2.03. The largest absolute Gasteiger partial charge is 0.468 e. The van der Waals surface area contributed by atoms with E-state index >= 15 is 0 Å². The molecule has 3 rings (SSSR count). The van der Waals surface area contributed by atoms with E-state index in [4.69, 9.17) is 44.0 Å². The number of para-hydroxylation sites is 1. The second kappa shape index (κ2) is 5.13. The second-order valence-electron chi connectivity index (χ2n) is 3.91. The van der Waals surface area contributed by atoms with Gasteiger partial charge >= 0.3 is 0 Å². The van der Waals surface area contributed by atoms with Gasteiger partial charge in [-0.2, -0.15) is 0 Å². The Bertz CT molecular complexity index is 778. The average molecular weight is 330 g/mol. The lowest BCUT2D eigenvalue weighted by Crippen LogP contribution is -1.93. The minimum absolute atomic E-state index is 0.0778. The summed E-state index contributed by atoms with van der Waals surface area (Å²) in [4.78, 5) is 8.27. The van der Waals surface area contributed by atoms with Crippen LogP contribution in [0.25, 0.3) is 22.4 Å². The first-order valence-corrected chi connectivity index (χ1v) is 6.69. The predicted molar refractivity (Wildman–Crippen MR) is 78.8 cm³/mol. The van der Waals surface area contributed by atoms with Gasteiger partial charge in [0.2, 0.25) is 0 Å². The Balaban J connectivity index is 2.33. The Hall–Kier alpha value is -1.49. The molecule has 0 N–H and O–H groups in total. The molecular formula is C13H7Cl3N2O2. The topological polar surface area (TPSA) is 48.2 Å². The fraction of sp³-hybridized carbons (Fsp3) is 0.0769. The van der Waals surface area contributed by atoms with Crippen molar-refractivity contribution >= 4 is 45.8 Å².